The van der Waals surface area contributed by atoms with Crippen LogP contribution in [0.3, 0.4) is 0 Å². The lowest BCUT2D eigenvalue weighted by molar-refractivity contribution is -0.137. The summed E-state index contributed by atoms with van der Waals surface area (Å²) in [5.41, 5.74) is -0.403. The predicted molar refractivity (Wildman–Crippen MR) is 96.4 cm³/mol. The summed E-state index contributed by atoms with van der Waals surface area (Å²) < 4.78 is 38.2. The quantitative estimate of drug-likeness (QED) is 0.762. The molecular weight excluding hydrogens is 355 g/mol. The van der Waals surface area contributed by atoms with Crippen molar-refractivity contribution in [2.75, 3.05) is 26.0 Å². The smallest absolute Gasteiger partial charge is 0.360 e. The van der Waals surface area contributed by atoms with Crippen LogP contribution in [0.2, 0.25) is 0 Å². The van der Waals surface area contributed by atoms with Crippen molar-refractivity contribution in [1.82, 2.24) is 10.2 Å². The molecule has 0 bridgehead atoms. The van der Waals surface area contributed by atoms with Gasteiger partial charge in [0.15, 0.2) is 5.11 Å². The second-order valence-corrected chi connectivity index (χ2v) is 6.80. The maximum absolute atomic E-state index is 12.7. The Hall–Kier alpha value is -1.64. The Morgan fingerprint density at radius 3 is 2.58 bits per heavy atom. The fourth-order valence-corrected chi connectivity index (χ4v) is 3.28. The van der Waals surface area contributed by atoms with Gasteiger partial charge in [-0.3, -0.25) is 0 Å². The van der Waals surface area contributed by atoms with Crippen molar-refractivity contribution in [2.24, 2.45) is 0 Å². The summed E-state index contributed by atoms with van der Waals surface area (Å²) in [7, 11) is 3.94. The molecule has 0 unspecified atom stereocenters. The molecule has 1 aromatic carbocycles. The molecule has 0 aliphatic carbocycles. The SMILES string of the molecule is CN(C)[C@@H](CNC(=S)Nc1cccc(C(F)(F)F)c1)c1cccs1. The summed E-state index contributed by atoms with van der Waals surface area (Å²) >= 11 is 6.84. The van der Waals surface area contributed by atoms with E-state index in [-0.39, 0.29) is 11.2 Å². The van der Waals surface area contributed by atoms with Crippen LogP contribution in [0, 0.1) is 0 Å². The van der Waals surface area contributed by atoms with Crippen LogP contribution in [-0.4, -0.2) is 30.7 Å². The van der Waals surface area contributed by atoms with Crippen molar-refractivity contribution in [2.45, 2.75) is 12.2 Å². The Morgan fingerprint density at radius 1 is 1.25 bits per heavy atom. The molecule has 2 aromatic rings. The lowest BCUT2D eigenvalue weighted by Gasteiger charge is -2.24. The molecule has 2 rings (SSSR count). The standard InChI is InChI=1S/C16H18F3N3S2/c1-22(2)13(14-7-4-8-24-14)10-20-15(23)21-12-6-3-5-11(9-12)16(17,18)19/h3-9,13H,10H2,1-2H3,(H2,20,21,23)/t13-/m0/s1. The zero-order valence-electron chi connectivity index (χ0n) is 13.2. The van der Waals surface area contributed by atoms with E-state index in [1.807, 2.05) is 31.6 Å². The molecule has 1 atom stereocenters. The van der Waals surface area contributed by atoms with Crippen LogP contribution >= 0.6 is 23.6 Å². The number of hydrogen-bond donors (Lipinski definition) is 2. The third kappa shape index (κ3) is 5.19. The predicted octanol–water partition coefficient (Wildman–Crippen LogP) is 4.36. The number of hydrogen-bond acceptors (Lipinski definition) is 3. The molecule has 0 amide bonds. The van der Waals surface area contributed by atoms with Crippen LogP contribution in [0.25, 0.3) is 0 Å². The first-order valence-electron chi connectivity index (χ1n) is 7.19. The van der Waals surface area contributed by atoms with E-state index in [2.05, 4.69) is 15.5 Å². The molecule has 0 saturated carbocycles. The van der Waals surface area contributed by atoms with E-state index >= 15 is 0 Å². The second kappa shape index (κ2) is 7.96. The van der Waals surface area contributed by atoms with Crippen LogP contribution < -0.4 is 10.6 Å². The van der Waals surface area contributed by atoms with Gasteiger partial charge in [-0.2, -0.15) is 13.2 Å². The van der Waals surface area contributed by atoms with Crippen molar-refractivity contribution in [3.63, 3.8) is 0 Å². The lowest BCUT2D eigenvalue weighted by Crippen LogP contribution is -2.36. The minimum atomic E-state index is -4.37. The highest BCUT2D eigenvalue weighted by molar-refractivity contribution is 7.80. The Labute approximate surface area is 148 Å². The van der Waals surface area contributed by atoms with Gasteiger partial charge in [-0.15, -0.1) is 11.3 Å². The van der Waals surface area contributed by atoms with Crippen molar-refractivity contribution in [3.8, 4) is 0 Å². The molecule has 130 valence electrons. The summed E-state index contributed by atoms with van der Waals surface area (Å²) in [5, 5.41) is 8.16. The number of thiocarbonyl (C=S) groups is 1. The molecule has 2 N–H and O–H groups in total. The highest BCUT2D eigenvalue weighted by Gasteiger charge is 2.30. The minimum Gasteiger partial charge on any atom is -0.360 e. The number of thiophene rings is 1. The first kappa shape index (κ1) is 18.7. The number of likely N-dealkylation sites (N-methyl/N-ethyl adjacent to an activating group) is 1. The van der Waals surface area contributed by atoms with Crippen molar-refractivity contribution < 1.29 is 13.2 Å². The number of nitrogens with one attached hydrogen (secondary N) is 2. The fraction of sp³-hybridized carbons (Fsp3) is 0.312. The first-order chi connectivity index (χ1) is 11.3. The Kier molecular flexibility index (Phi) is 6.20. The molecule has 1 aromatic heterocycles. The number of rotatable bonds is 5. The molecule has 24 heavy (non-hydrogen) atoms. The third-order valence-corrected chi connectivity index (χ3v) is 4.62. The lowest BCUT2D eigenvalue weighted by atomic mass is 10.2. The van der Waals surface area contributed by atoms with Gasteiger partial charge in [0.25, 0.3) is 0 Å². The maximum atomic E-state index is 12.7. The summed E-state index contributed by atoms with van der Waals surface area (Å²) in [4.78, 5) is 3.25. The maximum Gasteiger partial charge on any atom is 0.416 e. The minimum absolute atomic E-state index is 0.131. The van der Waals surface area contributed by atoms with Gasteiger partial charge in [-0.1, -0.05) is 12.1 Å². The second-order valence-electron chi connectivity index (χ2n) is 5.41. The fourth-order valence-electron chi connectivity index (χ4n) is 2.16. The largest absolute Gasteiger partial charge is 0.416 e. The number of halogens is 3. The summed E-state index contributed by atoms with van der Waals surface area (Å²) in [5.74, 6) is 0. The van der Waals surface area contributed by atoms with Gasteiger partial charge in [0.2, 0.25) is 0 Å². The summed E-state index contributed by atoms with van der Waals surface area (Å²) in [6.07, 6.45) is -4.37. The van der Waals surface area contributed by atoms with E-state index < -0.39 is 11.7 Å². The van der Waals surface area contributed by atoms with Gasteiger partial charge in [-0.25, -0.2) is 0 Å². The van der Waals surface area contributed by atoms with E-state index in [1.54, 1.807) is 17.4 Å². The molecule has 0 aliphatic rings. The van der Waals surface area contributed by atoms with Crippen molar-refractivity contribution in [1.29, 1.82) is 0 Å². The van der Waals surface area contributed by atoms with E-state index in [0.717, 1.165) is 12.1 Å². The van der Waals surface area contributed by atoms with Crippen LogP contribution in [0.4, 0.5) is 18.9 Å². The molecule has 3 nitrogen and oxygen atoms in total. The topological polar surface area (TPSA) is 27.3 Å². The average Bonchev–Trinajstić information content (AvgIpc) is 3.00. The highest BCUT2D eigenvalue weighted by atomic mass is 32.1. The van der Waals surface area contributed by atoms with Gasteiger partial charge < -0.3 is 15.5 Å². The Morgan fingerprint density at radius 2 is 2.00 bits per heavy atom. The molecule has 0 saturated heterocycles. The van der Waals surface area contributed by atoms with E-state index in [0.29, 0.717) is 12.2 Å². The zero-order valence-corrected chi connectivity index (χ0v) is 14.9. The van der Waals surface area contributed by atoms with Gasteiger partial charge in [0.1, 0.15) is 0 Å². The summed E-state index contributed by atoms with van der Waals surface area (Å²) in [6.45, 7) is 0.554. The molecule has 8 heteroatoms. The monoisotopic (exact) mass is 373 g/mol. The van der Waals surface area contributed by atoms with Crippen LogP contribution in [0.15, 0.2) is 41.8 Å². The van der Waals surface area contributed by atoms with Crippen LogP contribution in [-0.2, 0) is 6.18 Å². The number of nitrogens with zero attached hydrogens (tertiary/aromatic N) is 1. The van der Waals surface area contributed by atoms with E-state index in [1.165, 1.54) is 10.9 Å². The third-order valence-electron chi connectivity index (χ3n) is 3.40. The zero-order chi connectivity index (χ0) is 17.7. The molecule has 0 aliphatic heterocycles. The van der Waals surface area contributed by atoms with Crippen LogP contribution in [0.1, 0.15) is 16.5 Å². The summed E-state index contributed by atoms with van der Waals surface area (Å²) in [6, 6.07) is 9.12. The van der Waals surface area contributed by atoms with E-state index in [9.17, 15) is 13.2 Å². The Bertz CT molecular complexity index is 669. The average molecular weight is 373 g/mol. The number of anilines is 1. The van der Waals surface area contributed by atoms with Gasteiger partial charge >= 0.3 is 6.18 Å². The number of benzene rings is 1. The highest BCUT2D eigenvalue weighted by Crippen LogP contribution is 2.30. The molecule has 0 spiro atoms. The normalized spacial score (nSPS) is 12.9. The molecular formula is C16H18F3N3S2. The van der Waals surface area contributed by atoms with Gasteiger partial charge in [-0.05, 0) is 56.0 Å². The van der Waals surface area contributed by atoms with Gasteiger partial charge in [0.05, 0.1) is 11.6 Å². The van der Waals surface area contributed by atoms with Crippen LogP contribution in [0.5, 0.6) is 0 Å². The van der Waals surface area contributed by atoms with E-state index in [4.69, 9.17) is 12.2 Å². The first-order valence-corrected chi connectivity index (χ1v) is 8.48. The van der Waals surface area contributed by atoms with Crippen molar-refractivity contribution >= 4 is 34.4 Å². The Balaban J connectivity index is 1.96. The van der Waals surface area contributed by atoms with Gasteiger partial charge in [0, 0.05) is 17.1 Å². The molecule has 0 fully saturated rings. The molecule has 0 radical (unpaired) electrons. The van der Waals surface area contributed by atoms with Crippen molar-refractivity contribution in [3.05, 3.63) is 52.2 Å². The number of alkyl halides is 3. The molecule has 1 heterocycles.